The number of halogens is 1. The van der Waals surface area contributed by atoms with Crippen LogP contribution >= 0.6 is 27.7 Å². The molecule has 1 aromatic rings. The number of amidine groups is 1. The van der Waals surface area contributed by atoms with Gasteiger partial charge in [0.1, 0.15) is 5.75 Å². The standard InChI is InChI=1S/C17H18BrN3O2S/c18-12-3-4-14(22)11(8-12)9-15-16(23)19-17(24-15)21-7-6-20-5-1-2-13(20)10-21/h3-4,8-9,13,22H,1-2,5-7,10H2/b15-9-. The Balaban J connectivity index is 1.51. The number of benzene rings is 1. The van der Waals surface area contributed by atoms with Gasteiger partial charge < -0.3 is 10.0 Å². The van der Waals surface area contributed by atoms with Gasteiger partial charge in [0.05, 0.1) is 4.91 Å². The van der Waals surface area contributed by atoms with E-state index in [0.717, 1.165) is 29.3 Å². The largest absolute Gasteiger partial charge is 0.507 e. The third kappa shape index (κ3) is 3.12. The van der Waals surface area contributed by atoms with Crippen LogP contribution in [0.15, 0.2) is 32.6 Å². The third-order valence-corrected chi connectivity index (χ3v) is 6.28. The summed E-state index contributed by atoms with van der Waals surface area (Å²) >= 11 is 4.80. The van der Waals surface area contributed by atoms with Gasteiger partial charge in [-0.2, -0.15) is 4.99 Å². The van der Waals surface area contributed by atoms with Crippen molar-refractivity contribution in [2.24, 2.45) is 4.99 Å². The van der Waals surface area contributed by atoms with Crippen molar-refractivity contribution in [3.63, 3.8) is 0 Å². The highest BCUT2D eigenvalue weighted by Gasteiger charge is 2.34. The number of aromatic hydroxyl groups is 1. The van der Waals surface area contributed by atoms with Crippen molar-refractivity contribution in [3.05, 3.63) is 33.1 Å². The third-order valence-electron chi connectivity index (χ3n) is 4.74. The number of carbonyl (C=O) groups excluding carboxylic acids is 1. The van der Waals surface area contributed by atoms with Crippen LogP contribution in [0.25, 0.3) is 6.08 Å². The monoisotopic (exact) mass is 407 g/mol. The number of carbonyl (C=O) groups is 1. The normalized spacial score (nSPS) is 26.1. The number of thioether (sulfide) groups is 1. The number of aliphatic imine (C=N–C) groups is 1. The first-order valence-electron chi connectivity index (χ1n) is 8.10. The molecule has 1 unspecified atom stereocenters. The second kappa shape index (κ2) is 6.54. The Labute approximate surface area is 153 Å². The summed E-state index contributed by atoms with van der Waals surface area (Å²) in [6.45, 7) is 4.12. The molecule has 1 N–H and O–H groups in total. The molecule has 2 fully saturated rings. The smallest absolute Gasteiger partial charge is 0.286 e. The summed E-state index contributed by atoms with van der Waals surface area (Å²) in [7, 11) is 0. The van der Waals surface area contributed by atoms with E-state index in [9.17, 15) is 9.90 Å². The maximum Gasteiger partial charge on any atom is 0.286 e. The SMILES string of the molecule is O=C1N=C(N2CCN3CCCC3C2)S/C1=C\c1cc(Br)ccc1O. The molecule has 3 aliphatic heterocycles. The number of amides is 1. The van der Waals surface area contributed by atoms with E-state index in [4.69, 9.17) is 0 Å². The minimum Gasteiger partial charge on any atom is -0.507 e. The maximum absolute atomic E-state index is 12.2. The second-order valence-corrected chi connectivity index (χ2v) is 8.22. The van der Waals surface area contributed by atoms with Gasteiger partial charge in [0.2, 0.25) is 0 Å². The second-order valence-electron chi connectivity index (χ2n) is 6.29. The molecule has 0 radical (unpaired) electrons. The van der Waals surface area contributed by atoms with Crippen molar-refractivity contribution in [1.29, 1.82) is 0 Å². The summed E-state index contributed by atoms with van der Waals surface area (Å²) in [5.41, 5.74) is 0.622. The molecule has 3 aliphatic rings. The average molecular weight is 408 g/mol. The molecule has 0 spiro atoms. The van der Waals surface area contributed by atoms with Crippen molar-refractivity contribution >= 4 is 44.8 Å². The lowest BCUT2D eigenvalue weighted by Gasteiger charge is -2.38. The van der Waals surface area contributed by atoms with Crippen molar-refractivity contribution < 1.29 is 9.90 Å². The number of nitrogens with zero attached hydrogens (tertiary/aromatic N) is 3. The first-order chi connectivity index (χ1) is 11.6. The highest BCUT2D eigenvalue weighted by Crippen LogP contribution is 2.34. The first-order valence-corrected chi connectivity index (χ1v) is 9.71. The highest BCUT2D eigenvalue weighted by molar-refractivity contribution is 9.10. The van der Waals surface area contributed by atoms with Crippen LogP contribution in [0.4, 0.5) is 0 Å². The maximum atomic E-state index is 12.2. The molecule has 4 rings (SSSR count). The predicted molar refractivity (Wildman–Crippen MR) is 100.0 cm³/mol. The zero-order valence-corrected chi connectivity index (χ0v) is 15.5. The molecule has 0 aliphatic carbocycles. The molecule has 0 aromatic heterocycles. The number of phenols is 1. The molecule has 1 atom stereocenters. The van der Waals surface area contributed by atoms with Crippen LogP contribution < -0.4 is 0 Å². The van der Waals surface area contributed by atoms with Crippen LogP contribution in [0.2, 0.25) is 0 Å². The van der Waals surface area contributed by atoms with Crippen LogP contribution in [0.1, 0.15) is 18.4 Å². The van der Waals surface area contributed by atoms with E-state index in [-0.39, 0.29) is 11.7 Å². The molecule has 5 nitrogen and oxygen atoms in total. The van der Waals surface area contributed by atoms with Crippen LogP contribution in [0.5, 0.6) is 5.75 Å². The van der Waals surface area contributed by atoms with Gasteiger partial charge in [-0.25, -0.2) is 0 Å². The molecule has 7 heteroatoms. The van der Waals surface area contributed by atoms with Crippen molar-refractivity contribution in [3.8, 4) is 5.75 Å². The lowest BCUT2D eigenvalue weighted by Crippen LogP contribution is -2.51. The number of hydrogen-bond acceptors (Lipinski definition) is 5. The van der Waals surface area contributed by atoms with E-state index in [1.807, 2.05) is 0 Å². The van der Waals surface area contributed by atoms with Gasteiger partial charge in [-0.15, -0.1) is 0 Å². The van der Waals surface area contributed by atoms with Crippen LogP contribution in [0.3, 0.4) is 0 Å². The molecular formula is C17H18BrN3O2S. The van der Waals surface area contributed by atoms with E-state index in [1.54, 1.807) is 24.3 Å². The first kappa shape index (κ1) is 16.2. The molecule has 2 saturated heterocycles. The Kier molecular flexibility index (Phi) is 4.40. The average Bonchev–Trinajstić information content (AvgIpc) is 3.17. The molecule has 24 heavy (non-hydrogen) atoms. The van der Waals surface area contributed by atoms with Gasteiger partial charge in [-0.05, 0) is 55.4 Å². The summed E-state index contributed by atoms with van der Waals surface area (Å²) < 4.78 is 0.862. The fraction of sp³-hybridized carbons (Fsp3) is 0.412. The Hall–Kier alpha value is -1.31. The minimum atomic E-state index is -0.219. The molecule has 0 bridgehead atoms. The van der Waals surface area contributed by atoms with Gasteiger partial charge in [0.15, 0.2) is 5.17 Å². The van der Waals surface area contributed by atoms with Gasteiger partial charge in [-0.1, -0.05) is 15.9 Å². The van der Waals surface area contributed by atoms with Crippen LogP contribution in [0, 0.1) is 0 Å². The number of rotatable bonds is 1. The summed E-state index contributed by atoms with van der Waals surface area (Å²) in [6, 6.07) is 5.77. The number of hydrogen-bond donors (Lipinski definition) is 1. The summed E-state index contributed by atoms with van der Waals surface area (Å²) in [6.07, 6.45) is 4.22. The predicted octanol–water partition coefficient (Wildman–Crippen LogP) is 2.91. The van der Waals surface area contributed by atoms with E-state index < -0.39 is 0 Å². The molecular weight excluding hydrogens is 390 g/mol. The van der Waals surface area contributed by atoms with Crippen LogP contribution in [-0.2, 0) is 4.79 Å². The number of piperazine rings is 1. The fourth-order valence-corrected chi connectivity index (χ4v) is 4.80. The van der Waals surface area contributed by atoms with E-state index >= 15 is 0 Å². The topological polar surface area (TPSA) is 56.1 Å². The Bertz CT molecular complexity index is 749. The summed E-state index contributed by atoms with van der Waals surface area (Å²) in [5, 5.41) is 10.8. The van der Waals surface area contributed by atoms with Gasteiger partial charge in [-0.3, -0.25) is 9.69 Å². The summed E-state index contributed by atoms with van der Waals surface area (Å²) in [5.74, 6) is -0.0599. The van der Waals surface area contributed by atoms with Gasteiger partial charge in [0, 0.05) is 35.7 Å². The molecule has 3 heterocycles. The quantitative estimate of drug-likeness (QED) is 0.725. The molecule has 1 aromatic carbocycles. The Morgan fingerprint density at radius 2 is 2.21 bits per heavy atom. The zero-order chi connectivity index (χ0) is 16.7. The van der Waals surface area contributed by atoms with E-state index in [2.05, 4.69) is 30.7 Å². The van der Waals surface area contributed by atoms with Crippen LogP contribution in [-0.4, -0.2) is 58.2 Å². The Morgan fingerprint density at radius 1 is 1.33 bits per heavy atom. The fourth-order valence-electron chi connectivity index (χ4n) is 3.48. The lowest BCUT2D eigenvalue weighted by molar-refractivity contribution is -0.113. The number of phenolic OH excluding ortho intramolecular Hbond substituents is 1. The van der Waals surface area contributed by atoms with Gasteiger partial charge in [0.25, 0.3) is 5.91 Å². The van der Waals surface area contributed by atoms with Crippen molar-refractivity contribution in [2.45, 2.75) is 18.9 Å². The molecule has 1 amide bonds. The van der Waals surface area contributed by atoms with Gasteiger partial charge >= 0.3 is 0 Å². The number of fused-ring (bicyclic) bond motifs is 1. The van der Waals surface area contributed by atoms with E-state index in [1.165, 1.54) is 31.1 Å². The molecule has 126 valence electrons. The van der Waals surface area contributed by atoms with E-state index in [0.29, 0.717) is 16.5 Å². The van der Waals surface area contributed by atoms with Crippen molar-refractivity contribution in [2.75, 3.05) is 26.2 Å². The lowest BCUT2D eigenvalue weighted by atomic mass is 10.2. The zero-order valence-electron chi connectivity index (χ0n) is 13.1. The van der Waals surface area contributed by atoms with Crippen molar-refractivity contribution in [1.82, 2.24) is 9.80 Å². The minimum absolute atomic E-state index is 0.159. The highest BCUT2D eigenvalue weighted by atomic mass is 79.9. The summed E-state index contributed by atoms with van der Waals surface area (Å²) in [4.78, 5) is 21.8. The molecule has 0 saturated carbocycles. The Morgan fingerprint density at radius 3 is 3.08 bits per heavy atom.